The molecule has 268 valence electrons. The molecule has 0 spiro atoms. The summed E-state index contributed by atoms with van der Waals surface area (Å²) in [4.78, 5) is 10.6. The minimum atomic E-state index is 0.0223. The summed E-state index contributed by atoms with van der Waals surface area (Å²) in [6, 6.07) is 64.7. The van der Waals surface area contributed by atoms with Gasteiger partial charge in [0.15, 0.2) is 5.82 Å². The Kier molecular flexibility index (Phi) is 7.96. The van der Waals surface area contributed by atoms with Gasteiger partial charge in [-0.1, -0.05) is 188 Å². The third kappa shape index (κ3) is 5.84. The average molecular weight is 729 g/mol. The second-order valence-corrected chi connectivity index (χ2v) is 14.8. The molecule has 0 saturated heterocycles. The summed E-state index contributed by atoms with van der Waals surface area (Å²) in [6.45, 7) is 0. The maximum atomic E-state index is 6.62. The molecule has 1 aromatic heterocycles. The number of hydrogen-bond donors (Lipinski definition) is 0. The Hall–Kier alpha value is -7.36. The molecule has 1 aliphatic heterocycles. The summed E-state index contributed by atoms with van der Waals surface area (Å²) < 4.78 is 6.62. The summed E-state index contributed by atoms with van der Waals surface area (Å²) >= 11 is 0. The van der Waals surface area contributed by atoms with E-state index in [-0.39, 0.29) is 12.0 Å². The molecule has 2 heterocycles. The smallest absolute Gasteiger partial charge is 0.161 e. The van der Waals surface area contributed by atoms with E-state index in [1.165, 1.54) is 38.6 Å². The largest absolute Gasteiger partial charge is 0.484 e. The van der Waals surface area contributed by atoms with E-state index >= 15 is 0 Å². The van der Waals surface area contributed by atoms with E-state index in [1.54, 1.807) is 0 Å². The highest BCUT2D eigenvalue weighted by Crippen LogP contribution is 2.48. The zero-order valence-electron chi connectivity index (χ0n) is 31.1. The molecular formula is C54H36N2O. The molecule has 2 atom stereocenters. The van der Waals surface area contributed by atoms with Crippen molar-refractivity contribution in [3.8, 4) is 73.0 Å². The molecule has 0 amide bonds. The second-order valence-electron chi connectivity index (χ2n) is 14.8. The van der Waals surface area contributed by atoms with Crippen LogP contribution in [0.5, 0.6) is 5.75 Å². The molecule has 11 rings (SSSR count). The van der Waals surface area contributed by atoms with Gasteiger partial charge in [0.25, 0.3) is 0 Å². The fraction of sp³-hybridized carbons (Fsp3) is 0.0370. The zero-order chi connectivity index (χ0) is 37.7. The van der Waals surface area contributed by atoms with E-state index in [2.05, 4.69) is 200 Å². The van der Waals surface area contributed by atoms with Crippen molar-refractivity contribution >= 4 is 21.5 Å². The lowest BCUT2D eigenvalue weighted by atomic mass is 9.89. The first kappa shape index (κ1) is 33.0. The molecule has 0 fully saturated rings. The summed E-state index contributed by atoms with van der Waals surface area (Å²) in [5.74, 6) is 1.88. The van der Waals surface area contributed by atoms with Crippen LogP contribution in [0.2, 0.25) is 0 Å². The van der Waals surface area contributed by atoms with Crippen LogP contribution in [0.1, 0.15) is 11.5 Å². The average Bonchev–Trinajstić information content (AvgIpc) is 3.68. The molecule has 2 aliphatic rings. The lowest BCUT2D eigenvalue weighted by Gasteiger charge is -2.16. The molecule has 0 N–H and O–H groups in total. The number of nitrogens with zero attached hydrogens (tertiary/aromatic N) is 2. The van der Waals surface area contributed by atoms with E-state index < -0.39 is 0 Å². The fourth-order valence-electron chi connectivity index (χ4n) is 8.63. The van der Waals surface area contributed by atoms with E-state index in [0.29, 0.717) is 5.82 Å². The Morgan fingerprint density at radius 2 is 0.947 bits per heavy atom. The van der Waals surface area contributed by atoms with Crippen molar-refractivity contribution in [3.63, 3.8) is 0 Å². The van der Waals surface area contributed by atoms with Crippen molar-refractivity contribution in [2.24, 2.45) is 0 Å². The molecule has 2 unspecified atom stereocenters. The summed E-state index contributed by atoms with van der Waals surface area (Å²) in [5.41, 5.74) is 13.0. The van der Waals surface area contributed by atoms with E-state index in [0.717, 1.165) is 55.7 Å². The molecular weight excluding hydrogens is 693 g/mol. The number of aromatic nitrogens is 2. The summed E-state index contributed by atoms with van der Waals surface area (Å²) in [5, 5.41) is 4.71. The summed E-state index contributed by atoms with van der Waals surface area (Å²) in [7, 11) is 0. The Balaban J connectivity index is 1.04. The Morgan fingerprint density at radius 1 is 0.386 bits per heavy atom. The molecule has 57 heavy (non-hydrogen) atoms. The standard InChI is InChI=1S/C54H36N2O/c1-2-12-35(13-3-1)36-24-28-39(29-25-36)50-34-51(40-30-26-38(27-31-40)42-20-10-15-37-14-4-5-16-41(37)42)56-54(55-50)49-33-32-45(43-17-6-7-18-44(43)49)47-21-11-22-48-46-19-8-9-23-52(46)57-53(47)48/h1-34,46,52H. The molecule has 0 bridgehead atoms. The van der Waals surface area contributed by atoms with Crippen LogP contribution in [0, 0.1) is 0 Å². The van der Waals surface area contributed by atoms with Crippen LogP contribution in [-0.2, 0) is 0 Å². The fourth-order valence-corrected chi connectivity index (χ4v) is 8.63. The van der Waals surface area contributed by atoms with Gasteiger partial charge in [-0.25, -0.2) is 9.97 Å². The first-order valence-electron chi connectivity index (χ1n) is 19.6. The lowest BCUT2D eigenvalue weighted by molar-refractivity contribution is 0.270. The highest BCUT2D eigenvalue weighted by molar-refractivity contribution is 6.05. The molecule has 0 saturated carbocycles. The van der Waals surface area contributed by atoms with Crippen LogP contribution < -0.4 is 4.74 Å². The number of rotatable bonds is 6. The first-order valence-corrected chi connectivity index (χ1v) is 19.6. The van der Waals surface area contributed by atoms with Gasteiger partial charge in [-0.15, -0.1) is 0 Å². The first-order chi connectivity index (χ1) is 28.2. The van der Waals surface area contributed by atoms with Crippen molar-refractivity contribution in [3.05, 3.63) is 212 Å². The number of hydrogen-bond acceptors (Lipinski definition) is 3. The summed E-state index contributed by atoms with van der Waals surface area (Å²) in [6.07, 6.45) is 8.63. The SMILES string of the molecule is C1=CC2Oc3c(-c4ccc(-c5nc(-c6ccc(-c7ccccc7)cc6)cc(-c6ccc(-c7cccc8ccccc78)cc6)n5)c5ccccc45)cccc3C2C=C1. The normalized spacial score (nSPS) is 15.4. The van der Waals surface area contributed by atoms with Gasteiger partial charge in [0, 0.05) is 33.7 Å². The lowest BCUT2D eigenvalue weighted by Crippen LogP contribution is -2.15. The highest BCUT2D eigenvalue weighted by Gasteiger charge is 2.34. The van der Waals surface area contributed by atoms with Gasteiger partial charge in [0.1, 0.15) is 11.9 Å². The molecule has 9 aromatic rings. The van der Waals surface area contributed by atoms with Gasteiger partial charge in [0.05, 0.1) is 11.4 Å². The topological polar surface area (TPSA) is 35.0 Å². The zero-order valence-corrected chi connectivity index (χ0v) is 31.1. The molecule has 1 aliphatic carbocycles. The third-order valence-corrected chi connectivity index (χ3v) is 11.5. The number of para-hydroxylation sites is 1. The van der Waals surface area contributed by atoms with Gasteiger partial charge >= 0.3 is 0 Å². The number of benzene rings is 8. The minimum Gasteiger partial charge on any atom is -0.484 e. The Labute approximate surface area is 331 Å². The van der Waals surface area contributed by atoms with Gasteiger partial charge in [0.2, 0.25) is 0 Å². The number of allylic oxidation sites excluding steroid dienone is 2. The van der Waals surface area contributed by atoms with E-state index in [9.17, 15) is 0 Å². The quantitative estimate of drug-likeness (QED) is 0.171. The molecule has 0 radical (unpaired) electrons. The van der Waals surface area contributed by atoms with Crippen LogP contribution in [-0.4, -0.2) is 16.1 Å². The van der Waals surface area contributed by atoms with Crippen LogP contribution in [0.25, 0.3) is 88.8 Å². The monoisotopic (exact) mass is 728 g/mol. The van der Waals surface area contributed by atoms with E-state index in [1.807, 2.05) is 6.07 Å². The minimum absolute atomic E-state index is 0.0223. The van der Waals surface area contributed by atoms with Crippen molar-refractivity contribution in [1.29, 1.82) is 0 Å². The predicted molar refractivity (Wildman–Crippen MR) is 235 cm³/mol. The van der Waals surface area contributed by atoms with Crippen molar-refractivity contribution < 1.29 is 4.74 Å². The second kappa shape index (κ2) is 13.7. The Bertz CT molecular complexity index is 3030. The van der Waals surface area contributed by atoms with Gasteiger partial charge in [-0.05, 0) is 67.6 Å². The predicted octanol–water partition coefficient (Wildman–Crippen LogP) is 13.8. The van der Waals surface area contributed by atoms with Gasteiger partial charge in [-0.2, -0.15) is 0 Å². The van der Waals surface area contributed by atoms with Crippen LogP contribution in [0.4, 0.5) is 0 Å². The maximum absolute atomic E-state index is 6.62. The van der Waals surface area contributed by atoms with Crippen molar-refractivity contribution in [2.75, 3.05) is 0 Å². The van der Waals surface area contributed by atoms with Gasteiger partial charge < -0.3 is 4.74 Å². The molecule has 8 aromatic carbocycles. The van der Waals surface area contributed by atoms with Crippen LogP contribution >= 0.6 is 0 Å². The maximum Gasteiger partial charge on any atom is 0.161 e. The highest BCUT2D eigenvalue weighted by atomic mass is 16.5. The molecule has 3 nitrogen and oxygen atoms in total. The Morgan fingerprint density at radius 3 is 1.72 bits per heavy atom. The number of fused-ring (bicyclic) bond motifs is 5. The molecule has 3 heteroatoms. The third-order valence-electron chi connectivity index (χ3n) is 11.5. The van der Waals surface area contributed by atoms with Crippen LogP contribution in [0.15, 0.2) is 206 Å². The van der Waals surface area contributed by atoms with Crippen molar-refractivity contribution in [2.45, 2.75) is 12.0 Å². The van der Waals surface area contributed by atoms with Gasteiger partial charge in [-0.3, -0.25) is 0 Å². The van der Waals surface area contributed by atoms with Crippen molar-refractivity contribution in [1.82, 2.24) is 9.97 Å². The number of ether oxygens (including phenoxy) is 1. The van der Waals surface area contributed by atoms with E-state index in [4.69, 9.17) is 14.7 Å². The van der Waals surface area contributed by atoms with Crippen LogP contribution in [0.3, 0.4) is 0 Å².